The number of Topliss-reactive ketones (excluding diaryl/α,β-unsaturated/α-hetero) is 1. The van der Waals surface area contributed by atoms with Gasteiger partial charge in [-0.2, -0.15) is 9.78 Å². The molecule has 0 unspecified atom stereocenters. The van der Waals surface area contributed by atoms with E-state index in [9.17, 15) is 14.4 Å². The van der Waals surface area contributed by atoms with Gasteiger partial charge in [0.2, 0.25) is 0 Å². The molecule has 7 nitrogen and oxygen atoms in total. The zero-order valence-corrected chi connectivity index (χ0v) is 18.4. The van der Waals surface area contributed by atoms with Gasteiger partial charge in [0.25, 0.3) is 5.56 Å². The molecular weight excluding hydrogens is 428 g/mol. The Balaban J connectivity index is 2.04. The molecule has 2 heterocycles. The highest BCUT2D eigenvalue weighted by Crippen LogP contribution is 2.33. The van der Waals surface area contributed by atoms with E-state index in [4.69, 9.17) is 11.6 Å². The standard InChI is InChI=1S/C24H21ClN4O3/c1-3-20(30)22-21(15-7-5-4-6-8-15)19-13-16(25)9-10-18(19)23(31)28(22)14-17-11-12-29(27-17)24(32)26-2/h4-13H,3,14H2,1-2H3,(H,26,32). The molecule has 32 heavy (non-hydrogen) atoms. The molecular formula is C24H21ClN4O3. The summed E-state index contributed by atoms with van der Waals surface area (Å²) in [5.74, 6) is -0.173. The van der Waals surface area contributed by atoms with Crippen LogP contribution >= 0.6 is 11.6 Å². The highest BCUT2D eigenvalue weighted by atomic mass is 35.5. The first kappa shape index (κ1) is 21.5. The first-order valence-electron chi connectivity index (χ1n) is 10.2. The number of hydrogen-bond donors (Lipinski definition) is 1. The molecule has 0 aliphatic rings. The zero-order valence-electron chi connectivity index (χ0n) is 17.6. The van der Waals surface area contributed by atoms with Crippen molar-refractivity contribution in [2.24, 2.45) is 0 Å². The van der Waals surface area contributed by atoms with Gasteiger partial charge < -0.3 is 5.32 Å². The molecule has 0 bridgehead atoms. The largest absolute Gasteiger partial charge is 0.341 e. The SMILES string of the molecule is CCC(=O)c1c(-c2ccccc2)c2cc(Cl)ccc2c(=O)n1Cc1ccn(C(=O)NC)n1. The fourth-order valence-corrected chi connectivity index (χ4v) is 3.93. The number of carbonyl (C=O) groups excluding carboxylic acids is 2. The monoisotopic (exact) mass is 448 g/mol. The van der Waals surface area contributed by atoms with E-state index in [-0.39, 0.29) is 24.3 Å². The molecule has 0 spiro atoms. The van der Waals surface area contributed by atoms with Crippen LogP contribution in [0.15, 0.2) is 65.6 Å². The first-order chi connectivity index (χ1) is 15.4. The second kappa shape index (κ2) is 8.80. The zero-order chi connectivity index (χ0) is 22.8. The van der Waals surface area contributed by atoms with Crippen molar-refractivity contribution in [2.75, 3.05) is 7.05 Å². The first-order valence-corrected chi connectivity index (χ1v) is 10.5. The van der Waals surface area contributed by atoms with Crippen LogP contribution in [0.5, 0.6) is 0 Å². The maximum atomic E-state index is 13.5. The molecule has 2 aromatic heterocycles. The number of nitrogens with zero attached hydrogens (tertiary/aromatic N) is 3. The molecule has 1 amide bonds. The number of benzene rings is 2. The number of hydrogen-bond acceptors (Lipinski definition) is 4. The van der Waals surface area contributed by atoms with Crippen LogP contribution in [0.4, 0.5) is 4.79 Å². The van der Waals surface area contributed by atoms with E-state index >= 15 is 0 Å². The Morgan fingerprint density at radius 1 is 1.06 bits per heavy atom. The van der Waals surface area contributed by atoms with Gasteiger partial charge in [-0.15, -0.1) is 0 Å². The lowest BCUT2D eigenvalue weighted by Crippen LogP contribution is -2.29. The van der Waals surface area contributed by atoms with Crippen molar-refractivity contribution in [3.8, 4) is 11.1 Å². The van der Waals surface area contributed by atoms with Gasteiger partial charge >= 0.3 is 6.03 Å². The minimum absolute atomic E-state index is 0.0439. The van der Waals surface area contributed by atoms with E-state index in [1.54, 1.807) is 31.2 Å². The molecule has 162 valence electrons. The number of halogens is 1. The third-order valence-corrected chi connectivity index (χ3v) is 5.50. The molecule has 0 atom stereocenters. The van der Waals surface area contributed by atoms with Crippen molar-refractivity contribution >= 4 is 34.2 Å². The Bertz CT molecular complexity index is 1390. The molecule has 0 aliphatic carbocycles. The number of ketones is 1. The van der Waals surface area contributed by atoms with E-state index in [0.29, 0.717) is 32.7 Å². The number of aromatic nitrogens is 3. The summed E-state index contributed by atoms with van der Waals surface area (Å²) in [5.41, 5.74) is 1.92. The van der Waals surface area contributed by atoms with Crippen LogP contribution in [0, 0.1) is 0 Å². The van der Waals surface area contributed by atoms with Gasteiger partial charge in [0, 0.05) is 35.6 Å². The Morgan fingerprint density at radius 2 is 1.81 bits per heavy atom. The van der Waals surface area contributed by atoms with Crippen LogP contribution < -0.4 is 10.9 Å². The van der Waals surface area contributed by atoms with Crippen molar-refractivity contribution < 1.29 is 9.59 Å². The quantitative estimate of drug-likeness (QED) is 0.460. The summed E-state index contributed by atoms with van der Waals surface area (Å²) in [7, 11) is 1.51. The van der Waals surface area contributed by atoms with Crippen LogP contribution in [0.3, 0.4) is 0 Å². The van der Waals surface area contributed by atoms with Crippen LogP contribution in [-0.2, 0) is 6.54 Å². The maximum Gasteiger partial charge on any atom is 0.341 e. The molecule has 0 saturated carbocycles. The normalized spacial score (nSPS) is 11.0. The van der Waals surface area contributed by atoms with E-state index in [2.05, 4.69) is 10.4 Å². The predicted octanol–water partition coefficient (Wildman–Crippen LogP) is 4.35. The molecule has 0 radical (unpaired) electrons. The number of fused-ring (bicyclic) bond motifs is 1. The molecule has 8 heteroatoms. The number of rotatable bonds is 5. The molecule has 4 aromatic rings. The topological polar surface area (TPSA) is 86.0 Å². The summed E-state index contributed by atoms with van der Waals surface area (Å²) >= 11 is 6.27. The fraction of sp³-hybridized carbons (Fsp3) is 0.167. The number of carbonyl (C=O) groups is 2. The van der Waals surface area contributed by atoms with Crippen molar-refractivity contribution in [1.82, 2.24) is 19.7 Å². The van der Waals surface area contributed by atoms with Crippen molar-refractivity contribution in [3.05, 3.63) is 87.6 Å². The Morgan fingerprint density at radius 3 is 2.50 bits per heavy atom. The van der Waals surface area contributed by atoms with Crippen molar-refractivity contribution in [1.29, 1.82) is 0 Å². The lowest BCUT2D eigenvalue weighted by atomic mass is 9.94. The van der Waals surface area contributed by atoms with Gasteiger partial charge in [-0.25, -0.2) is 4.79 Å². The average Bonchev–Trinajstić information content (AvgIpc) is 3.28. The van der Waals surface area contributed by atoms with Crippen LogP contribution in [-0.4, -0.2) is 33.2 Å². The van der Waals surface area contributed by atoms with Gasteiger partial charge in [0.05, 0.1) is 17.9 Å². The van der Waals surface area contributed by atoms with Gasteiger partial charge in [0.1, 0.15) is 0 Å². The van der Waals surface area contributed by atoms with Gasteiger partial charge in [0.15, 0.2) is 5.78 Å². The van der Waals surface area contributed by atoms with Gasteiger partial charge in [-0.05, 0) is 35.2 Å². The van der Waals surface area contributed by atoms with Crippen molar-refractivity contribution in [2.45, 2.75) is 19.9 Å². The van der Waals surface area contributed by atoms with E-state index < -0.39 is 6.03 Å². The van der Waals surface area contributed by atoms with Gasteiger partial charge in [-0.1, -0.05) is 48.9 Å². The highest BCUT2D eigenvalue weighted by Gasteiger charge is 2.23. The maximum absolute atomic E-state index is 13.5. The van der Waals surface area contributed by atoms with E-state index in [0.717, 1.165) is 10.2 Å². The van der Waals surface area contributed by atoms with Crippen molar-refractivity contribution in [3.63, 3.8) is 0 Å². The molecule has 0 fully saturated rings. The predicted molar refractivity (Wildman–Crippen MR) is 124 cm³/mol. The number of nitrogens with one attached hydrogen (secondary N) is 1. The summed E-state index contributed by atoms with van der Waals surface area (Å²) in [4.78, 5) is 38.6. The summed E-state index contributed by atoms with van der Waals surface area (Å²) in [6, 6.07) is 15.8. The second-order valence-electron chi connectivity index (χ2n) is 7.25. The molecule has 4 rings (SSSR count). The van der Waals surface area contributed by atoms with Crippen LogP contribution in [0.1, 0.15) is 29.5 Å². The molecule has 0 saturated heterocycles. The summed E-state index contributed by atoms with van der Waals surface area (Å²) in [6.45, 7) is 1.80. The highest BCUT2D eigenvalue weighted by molar-refractivity contribution is 6.31. The molecule has 0 aliphatic heterocycles. The Kier molecular flexibility index (Phi) is 5.92. The number of pyridine rings is 1. The summed E-state index contributed by atoms with van der Waals surface area (Å²) in [6.07, 6.45) is 1.73. The average molecular weight is 449 g/mol. The third kappa shape index (κ3) is 3.83. The van der Waals surface area contributed by atoms with Crippen LogP contribution in [0.25, 0.3) is 21.9 Å². The molecule has 1 N–H and O–H groups in total. The van der Waals surface area contributed by atoms with Gasteiger partial charge in [-0.3, -0.25) is 14.2 Å². The lowest BCUT2D eigenvalue weighted by Gasteiger charge is -2.19. The van der Waals surface area contributed by atoms with Crippen LogP contribution in [0.2, 0.25) is 5.02 Å². The Hall–Kier alpha value is -3.71. The fourth-order valence-electron chi connectivity index (χ4n) is 3.76. The smallest absolute Gasteiger partial charge is 0.339 e. The Labute approximate surface area is 189 Å². The third-order valence-electron chi connectivity index (χ3n) is 5.27. The second-order valence-corrected chi connectivity index (χ2v) is 7.69. The minimum atomic E-state index is -0.397. The molecule has 2 aromatic carbocycles. The van der Waals surface area contributed by atoms with E-state index in [1.165, 1.54) is 17.8 Å². The minimum Gasteiger partial charge on any atom is -0.339 e. The number of amides is 1. The lowest BCUT2D eigenvalue weighted by molar-refractivity contribution is 0.0979. The van der Waals surface area contributed by atoms with E-state index in [1.807, 2.05) is 30.3 Å². The summed E-state index contributed by atoms with van der Waals surface area (Å²) < 4.78 is 2.60. The summed E-state index contributed by atoms with van der Waals surface area (Å²) in [5, 5.41) is 8.30.